The quantitative estimate of drug-likeness (QED) is 0.852. The van der Waals surface area contributed by atoms with Crippen molar-refractivity contribution in [3.05, 3.63) is 44.9 Å². The first kappa shape index (κ1) is 15.5. The highest BCUT2D eigenvalue weighted by Gasteiger charge is 2.10. The molecule has 1 heterocycles. The third-order valence-electron chi connectivity index (χ3n) is 3.25. The molecule has 0 aliphatic rings. The SMILES string of the molecule is Cc1cc(OCc2nc(C)c(C(=O)[O-])s2)ccc1C(C)C. The van der Waals surface area contributed by atoms with E-state index in [9.17, 15) is 9.90 Å². The Morgan fingerprint density at radius 2 is 2.10 bits per heavy atom. The van der Waals surface area contributed by atoms with Crippen molar-refractivity contribution in [3.63, 3.8) is 0 Å². The Morgan fingerprint density at radius 3 is 2.62 bits per heavy atom. The zero-order valence-electron chi connectivity index (χ0n) is 12.6. The van der Waals surface area contributed by atoms with Crippen LogP contribution >= 0.6 is 11.3 Å². The number of hydrogen-bond donors (Lipinski definition) is 0. The Bertz CT molecular complexity index is 662. The molecule has 0 saturated heterocycles. The van der Waals surface area contributed by atoms with Crippen LogP contribution in [0.2, 0.25) is 0 Å². The summed E-state index contributed by atoms with van der Waals surface area (Å²) in [5.74, 6) is 0.0550. The van der Waals surface area contributed by atoms with Gasteiger partial charge >= 0.3 is 0 Å². The van der Waals surface area contributed by atoms with Crippen LogP contribution in [0.15, 0.2) is 18.2 Å². The fraction of sp³-hybridized carbons (Fsp3) is 0.375. The first-order valence-corrected chi connectivity index (χ1v) is 7.61. The van der Waals surface area contributed by atoms with Gasteiger partial charge in [-0.05, 0) is 43.0 Å². The average Bonchev–Trinajstić information content (AvgIpc) is 2.77. The molecule has 4 nitrogen and oxygen atoms in total. The topological polar surface area (TPSA) is 62.2 Å². The van der Waals surface area contributed by atoms with Crippen molar-refractivity contribution < 1.29 is 14.6 Å². The van der Waals surface area contributed by atoms with Crippen LogP contribution in [0.4, 0.5) is 0 Å². The molecule has 5 heteroatoms. The van der Waals surface area contributed by atoms with Crippen LogP contribution in [0, 0.1) is 13.8 Å². The highest BCUT2D eigenvalue weighted by atomic mass is 32.1. The first-order chi connectivity index (χ1) is 9.88. The predicted octanol–water partition coefficient (Wildman–Crippen LogP) is 2.83. The van der Waals surface area contributed by atoms with Gasteiger partial charge in [0.15, 0.2) is 0 Å². The van der Waals surface area contributed by atoms with Crippen LogP contribution in [0.5, 0.6) is 5.75 Å². The molecule has 1 aromatic carbocycles. The molecule has 21 heavy (non-hydrogen) atoms. The minimum Gasteiger partial charge on any atom is -0.544 e. The van der Waals surface area contributed by atoms with Gasteiger partial charge in [-0.3, -0.25) is 0 Å². The summed E-state index contributed by atoms with van der Waals surface area (Å²) in [7, 11) is 0. The van der Waals surface area contributed by atoms with Crippen LogP contribution < -0.4 is 9.84 Å². The largest absolute Gasteiger partial charge is 0.544 e. The van der Waals surface area contributed by atoms with Gasteiger partial charge in [-0.2, -0.15) is 0 Å². The molecule has 112 valence electrons. The molecule has 0 radical (unpaired) electrons. The summed E-state index contributed by atoms with van der Waals surface area (Å²) in [5.41, 5.74) is 2.96. The predicted molar refractivity (Wildman–Crippen MR) is 80.8 cm³/mol. The van der Waals surface area contributed by atoms with Crippen molar-refractivity contribution in [3.8, 4) is 5.75 Å². The lowest BCUT2D eigenvalue weighted by atomic mass is 9.98. The van der Waals surface area contributed by atoms with Crippen molar-refractivity contribution >= 4 is 17.3 Å². The van der Waals surface area contributed by atoms with E-state index in [0.29, 0.717) is 16.6 Å². The van der Waals surface area contributed by atoms with E-state index in [-0.39, 0.29) is 11.5 Å². The smallest absolute Gasteiger partial charge is 0.140 e. The zero-order chi connectivity index (χ0) is 15.6. The minimum atomic E-state index is -1.19. The van der Waals surface area contributed by atoms with Gasteiger partial charge in [0, 0.05) is 0 Å². The Hall–Kier alpha value is -1.88. The number of thiazole rings is 1. The summed E-state index contributed by atoms with van der Waals surface area (Å²) < 4.78 is 5.69. The number of carboxylic acids is 1. The van der Waals surface area contributed by atoms with Gasteiger partial charge < -0.3 is 14.6 Å². The molecule has 0 fully saturated rings. The second kappa shape index (κ2) is 6.26. The van der Waals surface area contributed by atoms with Gasteiger partial charge in [-0.15, -0.1) is 11.3 Å². The molecule has 0 spiro atoms. The van der Waals surface area contributed by atoms with Crippen molar-refractivity contribution in [2.45, 2.75) is 40.2 Å². The monoisotopic (exact) mass is 304 g/mol. The van der Waals surface area contributed by atoms with E-state index in [0.717, 1.165) is 17.1 Å². The lowest BCUT2D eigenvalue weighted by molar-refractivity contribution is -0.254. The molecule has 0 atom stereocenters. The van der Waals surface area contributed by atoms with Gasteiger partial charge in [0.25, 0.3) is 0 Å². The number of aromatic carboxylic acids is 1. The molecule has 0 saturated carbocycles. The molecule has 2 rings (SSSR count). The fourth-order valence-corrected chi connectivity index (χ4v) is 3.05. The summed E-state index contributed by atoms with van der Waals surface area (Å²) in [6.45, 7) is 8.29. The van der Waals surface area contributed by atoms with Crippen LogP contribution in [0.1, 0.15) is 51.3 Å². The molecular formula is C16H18NO3S-. The summed E-state index contributed by atoms with van der Waals surface area (Å²) in [6, 6.07) is 5.99. The number of nitrogens with zero attached hydrogens (tertiary/aromatic N) is 1. The van der Waals surface area contributed by atoms with Crippen molar-refractivity contribution in [1.82, 2.24) is 4.98 Å². The van der Waals surface area contributed by atoms with Crippen LogP contribution in [0.3, 0.4) is 0 Å². The Balaban J connectivity index is 2.08. The number of benzene rings is 1. The van der Waals surface area contributed by atoms with Gasteiger partial charge in [-0.25, -0.2) is 4.98 Å². The van der Waals surface area contributed by atoms with E-state index in [1.807, 2.05) is 12.1 Å². The molecule has 0 N–H and O–H groups in total. The standard InChI is InChI=1S/C16H19NO3S/c1-9(2)13-6-5-12(7-10(13)3)20-8-14-17-11(4)15(21-14)16(18)19/h5-7,9H,8H2,1-4H3,(H,18,19)/p-1. The van der Waals surface area contributed by atoms with Gasteiger partial charge in [0.2, 0.25) is 0 Å². The highest BCUT2D eigenvalue weighted by molar-refractivity contribution is 7.13. The lowest BCUT2D eigenvalue weighted by Gasteiger charge is -2.11. The highest BCUT2D eigenvalue weighted by Crippen LogP contribution is 2.25. The number of carbonyl (C=O) groups is 1. The first-order valence-electron chi connectivity index (χ1n) is 6.79. The summed E-state index contributed by atoms with van der Waals surface area (Å²) in [5, 5.41) is 11.5. The second-order valence-corrected chi connectivity index (χ2v) is 6.35. The summed E-state index contributed by atoms with van der Waals surface area (Å²) in [4.78, 5) is 15.2. The van der Waals surface area contributed by atoms with Gasteiger partial charge in [0.05, 0.1) is 16.5 Å². The third kappa shape index (κ3) is 3.61. The van der Waals surface area contributed by atoms with Crippen molar-refractivity contribution in [1.29, 1.82) is 0 Å². The van der Waals surface area contributed by atoms with Crippen molar-refractivity contribution in [2.24, 2.45) is 0 Å². The van der Waals surface area contributed by atoms with Crippen LogP contribution in [-0.4, -0.2) is 11.0 Å². The molecular weight excluding hydrogens is 286 g/mol. The van der Waals surface area contributed by atoms with E-state index in [1.54, 1.807) is 6.92 Å². The number of carboxylic acid groups (broad SMARTS) is 1. The molecule has 0 aliphatic heterocycles. The molecule has 0 amide bonds. The summed E-state index contributed by atoms with van der Waals surface area (Å²) in [6.07, 6.45) is 0. The maximum absolute atomic E-state index is 10.9. The van der Waals surface area contributed by atoms with Crippen molar-refractivity contribution in [2.75, 3.05) is 0 Å². The fourth-order valence-electron chi connectivity index (χ4n) is 2.23. The Labute approximate surface area is 128 Å². The number of rotatable bonds is 5. The number of aromatic nitrogens is 1. The normalized spacial score (nSPS) is 10.9. The number of aryl methyl sites for hydroxylation is 2. The Kier molecular flexibility index (Phi) is 4.63. The van der Waals surface area contributed by atoms with E-state index in [1.165, 1.54) is 11.1 Å². The number of hydrogen-bond acceptors (Lipinski definition) is 5. The maximum Gasteiger partial charge on any atom is 0.140 e. The second-order valence-electron chi connectivity index (χ2n) is 5.27. The molecule has 2 aromatic rings. The number of ether oxygens (including phenoxy) is 1. The van der Waals surface area contributed by atoms with E-state index in [2.05, 4.69) is 31.8 Å². The third-order valence-corrected chi connectivity index (χ3v) is 4.36. The van der Waals surface area contributed by atoms with Gasteiger partial charge in [0.1, 0.15) is 17.4 Å². The van der Waals surface area contributed by atoms with E-state index < -0.39 is 5.97 Å². The summed E-state index contributed by atoms with van der Waals surface area (Å²) >= 11 is 1.10. The zero-order valence-corrected chi connectivity index (χ0v) is 13.4. The van der Waals surface area contributed by atoms with E-state index >= 15 is 0 Å². The van der Waals surface area contributed by atoms with Gasteiger partial charge in [-0.1, -0.05) is 19.9 Å². The van der Waals surface area contributed by atoms with E-state index in [4.69, 9.17) is 4.74 Å². The molecule has 0 aliphatic carbocycles. The lowest BCUT2D eigenvalue weighted by Crippen LogP contribution is -2.21. The molecule has 1 aromatic heterocycles. The Morgan fingerprint density at radius 1 is 1.38 bits per heavy atom. The van der Waals surface area contributed by atoms with Crippen LogP contribution in [-0.2, 0) is 6.61 Å². The average molecular weight is 304 g/mol. The molecule has 0 unspecified atom stereocenters. The number of carbonyl (C=O) groups excluding carboxylic acids is 1. The van der Waals surface area contributed by atoms with Crippen LogP contribution in [0.25, 0.3) is 0 Å². The maximum atomic E-state index is 10.9. The molecule has 0 bridgehead atoms. The minimum absolute atomic E-state index is 0.167.